The zero-order valence-corrected chi connectivity index (χ0v) is 15.3. The largest absolute Gasteiger partial charge is 0.396 e. The first-order chi connectivity index (χ1) is 10.5. The van der Waals surface area contributed by atoms with Crippen LogP contribution in [0.5, 0.6) is 0 Å². The van der Waals surface area contributed by atoms with Gasteiger partial charge in [0.15, 0.2) is 0 Å². The molecule has 5 heteroatoms. The van der Waals surface area contributed by atoms with Gasteiger partial charge in [-0.25, -0.2) is 0 Å². The van der Waals surface area contributed by atoms with Crippen molar-refractivity contribution in [1.29, 1.82) is 0 Å². The van der Waals surface area contributed by atoms with Gasteiger partial charge in [-0.05, 0) is 56.5 Å². The summed E-state index contributed by atoms with van der Waals surface area (Å²) in [6.07, 6.45) is 0. The maximum Gasteiger partial charge on any atom is 0.0475 e. The van der Waals surface area contributed by atoms with Crippen molar-refractivity contribution < 1.29 is 5.11 Å². The number of hydrogen-bond donors (Lipinski definition) is 1. The van der Waals surface area contributed by atoms with E-state index in [2.05, 4.69) is 54.2 Å². The normalized spacial score (nSPS) is 23.0. The standard InChI is InChI=1S/C17H31N3OS/c1-5-19(4)8-15-9-20(10-16(15)12-21)11-17-6-14(13-22-17)7-18(2)3/h6,13,15-16,21H,5,7-12H2,1-4H3/t15-,16-/m1/s1. The molecule has 0 bridgehead atoms. The average molecular weight is 326 g/mol. The van der Waals surface area contributed by atoms with Gasteiger partial charge in [-0.15, -0.1) is 11.3 Å². The van der Waals surface area contributed by atoms with E-state index in [9.17, 15) is 5.11 Å². The third-order valence-electron chi connectivity index (χ3n) is 4.56. The summed E-state index contributed by atoms with van der Waals surface area (Å²) >= 11 is 1.87. The van der Waals surface area contributed by atoms with Gasteiger partial charge in [0.2, 0.25) is 0 Å². The van der Waals surface area contributed by atoms with E-state index in [1.54, 1.807) is 0 Å². The lowest BCUT2D eigenvalue weighted by Crippen LogP contribution is -2.31. The van der Waals surface area contributed by atoms with Crippen molar-refractivity contribution in [2.24, 2.45) is 11.8 Å². The first kappa shape index (κ1) is 17.9. The molecule has 0 aliphatic carbocycles. The van der Waals surface area contributed by atoms with Crippen LogP contribution in [0.3, 0.4) is 0 Å². The third-order valence-corrected chi connectivity index (χ3v) is 5.53. The number of thiophene rings is 1. The highest BCUT2D eigenvalue weighted by Gasteiger charge is 2.32. The Balaban J connectivity index is 1.89. The van der Waals surface area contributed by atoms with Crippen molar-refractivity contribution in [3.63, 3.8) is 0 Å². The molecule has 22 heavy (non-hydrogen) atoms. The SMILES string of the molecule is CCN(C)C[C@@H]1CN(Cc2cc(CN(C)C)cs2)C[C@@H]1CO. The van der Waals surface area contributed by atoms with Crippen LogP contribution in [-0.2, 0) is 13.1 Å². The molecule has 2 rings (SSSR count). The summed E-state index contributed by atoms with van der Waals surface area (Å²) in [6, 6.07) is 2.34. The van der Waals surface area contributed by atoms with Crippen LogP contribution >= 0.6 is 11.3 Å². The summed E-state index contributed by atoms with van der Waals surface area (Å²) in [6.45, 7) is 8.85. The molecule has 126 valence electrons. The molecule has 0 aromatic carbocycles. The molecular formula is C17H31N3OS. The molecule has 1 N–H and O–H groups in total. The lowest BCUT2D eigenvalue weighted by atomic mass is 9.96. The van der Waals surface area contributed by atoms with Gasteiger partial charge in [0, 0.05) is 44.2 Å². The van der Waals surface area contributed by atoms with E-state index < -0.39 is 0 Å². The minimum absolute atomic E-state index is 0.315. The Labute approximate surface area is 139 Å². The molecule has 0 unspecified atom stereocenters. The summed E-state index contributed by atoms with van der Waals surface area (Å²) < 4.78 is 0. The fraction of sp³-hybridized carbons (Fsp3) is 0.765. The van der Waals surface area contributed by atoms with E-state index in [1.165, 1.54) is 10.4 Å². The van der Waals surface area contributed by atoms with Gasteiger partial charge in [-0.2, -0.15) is 0 Å². The summed E-state index contributed by atoms with van der Waals surface area (Å²) in [7, 11) is 6.39. The average Bonchev–Trinajstić information content (AvgIpc) is 3.05. The second-order valence-electron chi connectivity index (χ2n) is 6.91. The van der Waals surface area contributed by atoms with Crippen LogP contribution in [0.2, 0.25) is 0 Å². The molecular weight excluding hydrogens is 294 g/mol. The Hall–Kier alpha value is -0.460. The molecule has 0 spiro atoms. The smallest absolute Gasteiger partial charge is 0.0475 e. The Morgan fingerprint density at radius 1 is 1.27 bits per heavy atom. The zero-order chi connectivity index (χ0) is 16.1. The molecule has 1 aromatic rings. The van der Waals surface area contributed by atoms with E-state index in [0.29, 0.717) is 18.4 Å². The van der Waals surface area contributed by atoms with Crippen molar-refractivity contribution in [2.45, 2.75) is 20.0 Å². The zero-order valence-electron chi connectivity index (χ0n) is 14.5. The topological polar surface area (TPSA) is 30.0 Å². The maximum atomic E-state index is 9.66. The van der Waals surface area contributed by atoms with Crippen molar-refractivity contribution in [1.82, 2.24) is 14.7 Å². The fourth-order valence-electron chi connectivity index (χ4n) is 3.29. The first-order valence-corrected chi connectivity index (χ1v) is 9.12. The molecule has 1 aliphatic rings. The Bertz CT molecular complexity index is 449. The van der Waals surface area contributed by atoms with Crippen LogP contribution in [0.15, 0.2) is 11.4 Å². The quantitative estimate of drug-likeness (QED) is 0.789. The molecule has 1 aliphatic heterocycles. The van der Waals surface area contributed by atoms with Crippen LogP contribution in [-0.4, -0.2) is 73.7 Å². The fourth-order valence-corrected chi connectivity index (χ4v) is 4.21. The number of rotatable bonds is 8. The van der Waals surface area contributed by atoms with E-state index in [1.807, 2.05) is 11.3 Å². The van der Waals surface area contributed by atoms with E-state index in [-0.39, 0.29) is 0 Å². The number of aliphatic hydroxyl groups is 1. The Morgan fingerprint density at radius 3 is 2.64 bits per heavy atom. The lowest BCUT2D eigenvalue weighted by molar-refractivity contribution is 0.177. The molecule has 2 atom stereocenters. The highest BCUT2D eigenvalue weighted by Crippen LogP contribution is 2.27. The van der Waals surface area contributed by atoms with Crippen molar-refractivity contribution in [2.75, 3.05) is 53.9 Å². The van der Waals surface area contributed by atoms with Crippen LogP contribution in [0, 0.1) is 11.8 Å². The van der Waals surface area contributed by atoms with Crippen LogP contribution in [0.1, 0.15) is 17.4 Å². The van der Waals surface area contributed by atoms with E-state index >= 15 is 0 Å². The number of likely N-dealkylation sites (tertiary alicyclic amines) is 1. The van der Waals surface area contributed by atoms with Gasteiger partial charge < -0.3 is 14.9 Å². The molecule has 1 aromatic heterocycles. The first-order valence-electron chi connectivity index (χ1n) is 8.24. The molecule has 0 saturated carbocycles. The molecule has 4 nitrogen and oxygen atoms in total. The van der Waals surface area contributed by atoms with Crippen LogP contribution in [0.25, 0.3) is 0 Å². The minimum atomic E-state index is 0.315. The predicted molar refractivity (Wildman–Crippen MR) is 94.2 cm³/mol. The predicted octanol–water partition coefficient (Wildman–Crippen LogP) is 1.80. The van der Waals surface area contributed by atoms with Crippen LogP contribution in [0.4, 0.5) is 0 Å². The number of aliphatic hydroxyl groups excluding tert-OH is 1. The Morgan fingerprint density at radius 2 is 2.00 bits per heavy atom. The second-order valence-corrected chi connectivity index (χ2v) is 7.91. The summed E-state index contributed by atoms with van der Waals surface area (Å²) in [5.41, 5.74) is 1.41. The molecule has 1 saturated heterocycles. The number of hydrogen-bond acceptors (Lipinski definition) is 5. The van der Waals surface area contributed by atoms with Gasteiger partial charge in [0.05, 0.1) is 0 Å². The molecule has 1 fully saturated rings. The third kappa shape index (κ3) is 5.03. The van der Waals surface area contributed by atoms with Crippen molar-refractivity contribution in [3.05, 3.63) is 21.9 Å². The highest BCUT2D eigenvalue weighted by atomic mass is 32.1. The summed E-state index contributed by atoms with van der Waals surface area (Å²) in [4.78, 5) is 8.52. The van der Waals surface area contributed by atoms with Crippen molar-refractivity contribution >= 4 is 11.3 Å². The Kier molecular flexibility index (Phi) is 6.84. The maximum absolute atomic E-state index is 9.66. The highest BCUT2D eigenvalue weighted by molar-refractivity contribution is 7.10. The van der Waals surface area contributed by atoms with Gasteiger partial charge in [-0.3, -0.25) is 4.90 Å². The second kappa shape index (κ2) is 8.41. The number of nitrogens with zero attached hydrogens (tertiary/aromatic N) is 3. The van der Waals surface area contributed by atoms with Gasteiger partial charge >= 0.3 is 0 Å². The lowest BCUT2D eigenvalue weighted by Gasteiger charge is -2.22. The minimum Gasteiger partial charge on any atom is -0.396 e. The van der Waals surface area contributed by atoms with Gasteiger partial charge in [0.25, 0.3) is 0 Å². The van der Waals surface area contributed by atoms with Gasteiger partial charge in [0.1, 0.15) is 0 Å². The molecule has 0 amide bonds. The van der Waals surface area contributed by atoms with Crippen LogP contribution < -0.4 is 0 Å². The van der Waals surface area contributed by atoms with E-state index in [4.69, 9.17) is 0 Å². The molecule has 0 radical (unpaired) electrons. The summed E-state index contributed by atoms with van der Waals surface area (Å²) in [5.74, 6) is 1.02. The van der Waals surface area contributed by atoms with E-state index in [0.717, 1.165) is 39.3 Å². The molecule has 2 heterocycles. The van der Waals surface area contributed by atoms with Crippen molar-refractivity contribution in [3.8, 4) is 0 Å². The summed E-state index contributed by atoms with van der Waals surface area (Å²) in [5, 5.41) is 11.9. The van der Waals surface area contributed by atoms with Gasteiger partial charge in [-0.1, -0.05) is 6.92 Å². The monoisotopic (exact) mass is 325 g/mol.